The van der Waals surface area contributed by atoms with Crippen molar-refractivity contribution in [1.29, 1.82) is 0 Å². The highest BCUT2D eigenvalue weighted by molar-refractivity contribution is 9.11. The summed E-state index contributed by atoms with van der Waals surface area (Å²) in [6.45, 7) is 4.66. The number of hydrogen-bond acceptors (Lipinski definition) is 2. The number of rotatable bonds is 5. The second-order valence-corrected chi connectivity index (χ2v) is 5.70. The highest BCUT2D eigenvalue weighted by Crippen LogP contribution is 2.20. The van der Waals surface area contributed by atoms with Crippen LogP contribution in [-0.4, -0.2) is 12.9 Å². The molecule has 0 amide bonds. The van der Waals surface area contributed by atoms with Gasteiger partial charge in [0.2, 0.25) is 0 Å². The summed E-state index contributed by atoms with van der Waals surface area (Å²) in [7, 11) is 0. The number of hydrogen-bond donors (Lipinski definition) is 0. The van der Waals surface area contributed by atoms with Gasteiger partial charge in [0.25, 0.3) is 0 Å². The summed E-state index contributed by atoms with van der Waals surface area (Å²) in [6, 6.07) is 8.25. The predicted octanol–water partition coefficient (Wildman–Crippen LogP) is 4.43. The zero-order valence-electron chi connectivity index (χ0n) is 10.5. The van der Waals surface area contributed by atoms with E-state index in [9.17, 15) is 0 Å². The molecule has 1 aliphatic heterocycles. The molecule has 1 saturated heterocycles. The van der Waals surface area contributed by atoms with Gasteiger partial charge in [-0.15, -0.1) is 0 Å². The minimum Gasteiger partial charge on any atom is -0.465 e. The first kappa shape index (κ1) is 13.6. The second kappa shape index (κ2) is 6.95. The topological polar surface area (TPSA) is 18.5 Å². The summed E-state index contributed by atoms with van der Waals surface area (Å²) in [5.74, 6) is 0.892. The molecule has 1 aromatic carbocycles. The van der Waals surface area contributed by atoms with Crippen molar-refractivity contribution >= 4 is 15.9 Å². The third kappa shape index (κ3) is 4.46. The van der Waals surface area contributed by atoms with Gasteiger partial charge in [0, 0.05) is 6.42 Å². The molecule has 0 bridgehead atoms. The van der Waals surface area contributed by atoms with Crippen molar-refractivity contribution < 1.29 is 9.47 Å². The van der Waals surface area contributed by atoms with Crippen molar-refractivity contribution in [2.75, 3.05) is 6.61 Å². The molecule has 1 atom stereocenters. The second-order valence-electron chi connectivity index (χ2n) is 4.58. The molecular weight excluding hydrogens is 292 g/mol. The largest absolute Gasteiger partial charge is 0.465 e. The molecule has 2 rings (SSSR count). The molecule has 0 N–H and O–H groups in total. The average molecular weight is 311 g/mol. The molecule has 1 fully saturated rings. The number of ether oxygens (including phenoxy) is 2. The van der Waals surface area contributed by atoms with E-state index in [1.54, 1.807) is 0 Å². The van der Waals surface area contributed by atoms with Crippen LogP contribution in [0.1, 0.15) is 31.2 Å². The van der Waals surface area contributed by atoms with Crippen molar-refractivity contribution in [3.8, 4) is 5.75 Å². The molecule has 0 saturated carbocycles. The third-order valence-corrected chi connectivity index (χ3v) is 3.41. The summed E-state index contributed by atoms with van der Waals surface area (Å²) < 4.78 is 12.4. The SMILES string of the molecule is C=C(Br)CCc1ccc(OC2CCCCO2)cc1. The number of benzene rings is 1. The zero-order valence-corrected chi connectivity index (χ0v) is 12.1. The molecule has 0 spiro atoms. The minimum absolute atomic E-state index is 0.0630. The number of allylic oxidation sites excluding steroid dienone is 1. The highest BCUT2D eigenvalue weighted by atomic mass is 79.9. The van der Waals surface area contributed by atoms with Crippen molar-refractivity contribution in [1.82, 2.24) is 0 Å². The Morgan fingerprint density at radius 2 is 2.11 bits per heavy atom. The van der Waals surface area contributed by atoms with E-state index in [2.05, 4.69) is 34.6 Å². The van der Waals surface area contributed by atoms with Gasteiger partial charge in [0.1, 0.15) is 5.75 Å². The van der Waals surface area contributed by atoms with Crippen LogP contribution in [0.2, 0.25) is 0 Å². The van der Waals surface area contributed by atoms with E-state index in [1.165, 1.54) is 12.0 Å². The zero-order chi connectivity index (χ0) is 12.8. The normalized spacial score (nSPS) is 19.5. The van der Waals surface area contributed by atoms with Gasteiger partial charge >= 0.3 is 0 Å². The predicted molar refractivity (Wildman–Crippen MR) is 77.0 cm³/mol. The molecule has 0 aromatic heterocycles. The Labute approximate surface area is 117 Å². The summed E-state index contributed by atoms with van der Waals surface area (Å²) in [5.41, 5.74) is 1.30. The van der Waals surface area contributed by atoms with Crippen molar-refractivity contribution in [3.05, 3.63) is 40.9 Å². The van der Waals surface area contributed by atoms with Crippen LogP contribution in [0.4, 0.5) is 0 Å². The van der Waals surface area contributed by atoms with Crippen LogP contribution < -0.4 is 4.74 Å². The molecule has 3 heteroatoms. The standard InChI is InChI=1S/C15H19BrO2/c1-12(16)5-6-13-7-9-14(10-8-13)18-15-4-2-3-11-17-15/h7-10,15H,1-6,11H2. The van der Waals surface area contributed by atoms with Gasteiger partial charge in [-0.25, -0.2) is 0 Å². The highest BCUT2D eigenvalue weighted by Gasteiger charge is 2.14. The quantitative estimate of drug-likeness (QED) is 0.801. The van der Waals surface area contributed by atoms with Gasteiger partial charge in [-0.3, -0.25) is 0 Å². The first-order valence-electron chi connectivity index (χ1n) is 6.44. The van der Waals surface area contributed by atoms with E-state index in [-0.39, 0.29) is 6.29 Å². The Balaban J connectivity index is 1.84. The fourth-order valence-electron chi connectivity index (χ4n) is 1.97. The average Bonchev–Trinajstić information content (AvgIpc) is 2.39. The monoisotopic (exact) mass is 310 g/mol. The van der Waals surface area contributed by atoms with E-state index in [1.807, 2.05) is 12.1 Å². The van der Waals surface area contributed by atoms with Crippen LogP contribution in [0, 0.1) is 0 Å². The molecule has 1 heterocycles. The Kier molecular flexibility index (Phi) is 5.26. The molecular formula is C15H19BrO2. The maximum atomic E-state index is 5.79. The van der Waals surface area contributed by atoms with Crippen molar-refractivity contribution in [2.45, 2.75) is 38.4 Å². The lowest BCUT2D eigenvalue weighted by atomic mass is 10.1. The summed E-state index contributed by atoms with van der Waals surface area (Å²) in [4.78, 5) is 0. The van der Waals surface area contributed by atoms with E-state index < -0.39 is 0 Å². The van der Waals surface area contributed by atoms with Crippen molar-refractivity contribution in [3.63, 3.8) is 0 Å². The van der Waals surface area contributed by atoms with Gasteiger partial charge < -0.3 is 9.47 Å². The Bertz CT molecular complexity index is 380. The van der Waals surface area contributed by atoms with E-state index in [0.717, 1.165) is 42.5 Å². The van der Waals surface area contributed by atoms with E-state index in [4.69, 9.17) is 9.47 Å². The summed E-state index contributed by atoms with van der Waals surface area (Å²) in [6.07, 6.45) is 5.24. The lowest BCUT2D eigenvalue weighted by Gasteiger charge is -2.23. The molecule has 1 unspecified atom stereocenters. The smallest absolute Gasteiger partial charge is 0.199 e. The summed E-state index contributed by atoms with van der Waals surface area (Å²) >= 11 is 3.38. The first-order chi connectivity index (χ1) is 8.74. The van der Waals surface area contributed by atoms with E-state index in [0.29, 0.717) is 0 Å². The van der Waals surface area contributed by atoms with E-state index >= 15 is 0 Å². The van der Waals surface area contributed by atoms with Crippen LogP contribution in [-0.2, 0) is 11.2 Å². The fraction of sp³-hybridized carbons (Fsp3) is 0.467. The number of halogens is 1. The lowest BCUT2D eigenvalue weighted by molar-refractivity contribution is -0.105. The van der Waals surface area contributed by atoms with Crippen LogP contribution in [0.25, 0.3) is 0 Å². The molecule has 18 heavy (non-hydrogen) atoms. The van der Waals surface area contributed by atoms with Crippen molar-refractivity contribution in [2.24, 2.45) is 0 Å². The molecule has 1 aromatic rings. The summed E-state index contributed by atoms with van der Waals surface area (Å²) in [5, 5.41) is 0. The molecule has 2 nitrogen and oxygen atoms in total. The Hall–Kier alpha value is -0.800. The first-order valence-corrected chi connectivity index (χ1v) is 7.24. The van der Waals surface area contributed by atoms with Gasteiger partial charge in [-0.2, -0.15) is 0 Å². The minimum atomic E-state index is -0.0630. The maximum absolute atomic E-state index is 5.79. The Morgan fingerprint density at radius 3 is 2.72 bits per heavy atom. The fourth-order valence-corrected chi connectivity index (χ4v) is 2.17. The van der Waals surface area contributed by atoms with Crippen LogP contribution in [0.15, 0.2) is 35.3 Å². The molecule has 0 aliphatic carbocycles. The molecule has 98 valence electrons. The maximum Gasteiger partial charge on any atom is 0.199 e. The molecule has 1 aliphatic rings. The van der Waals surface area contributed by atoms with Crippen LogP contribution >= 0.6 is 15.9 Å². The van der Waals surface area contributed by atoms with Crippen LogP contribution in [0.5, 0.6) is 5.75 Å². The van der Waals surface area contributed by atoms with Crippen LogP contribution in [0.3, 0.4) is 0 Å². The number of aryl methyl sites for hydroxylation is 1. The molecule has 0 radical (unpaired) electrons. The van der Waals surface area contributed by atoms with Gasteiger partial charge in [0.05, 0.1) is 6.61 Å². The van der Waals surface area contributed by atoms with Gasteiger partial charge in [0.15, 0.2) is 6.29 Å². The van der Waals surface area contributed by atoms with Gasteiger partial charge in [-0.05, 0) is 47.9 Å². The van der Waals surface area contributed by atoms with Gasteiger partial charge in [-0.1, -0.05) is 34.6 Å². The third-order valence-electron chi connectivity index (χ3n) is 3.01. The Morgan fingerprint density at radius 1 is 1.33 bits per heavy atom. The lowest BCUT2D eigenvalue weighted by Crippen LogP contribution is -2.24.